The molecule has 174 valence electrons. The van der Waals surface area contributed by atoms with Crippen LogP contribution in [0.25, 0.3) is 0 Å². The van der Waals surface area contributed by atoms with E-state index in [4.69, 9.17) is 4.74 Å². The summed E-state index contributed by atoms with van der Waals surface area (Å²) in [6.45, 7) is 6.64. The number of esters is 1. The molecule has 0 saturated heterocycles. The minimum Gasteiger partial charge on any atom is -0.458 e. The van der Waals surface area contributed by atoms with E-state index in [2.05, 4.69) is 22.9 Å². The third kappa shape index (κ3) is 2.79. The van der Waals surface area contributed by atoms with Gasteiger partial charge in [0.25, 0.3) is 0 Å². The number of aldehydes is 1. The van der Waals surface area contributed by atoms with Crippen LogP contribution in [0.3, 0.4) is 0 Å². The highest BCUT2D eigenvalue weighted by molar-refractivity contribution is 9.10. The van der Waals surface area contributed by atoms with Gasteiger partial charge in [0.1, 0.15) is 11.9 Å². The van der Waals surface area contributed by atoms with Crippen LogP contribution in [0.2, 0.25) is 0 Å². The average molecular weight is 507 g/mol. The van der Waals surface area contributed by atoms with Crippen molar-refractivity contribution in [3.8, 4) is 0 Å². The van der Waals surface area contributed by atoms with Crippen molar-refractivity contribution in [3.05, 3.63) is 23.8 Å². The molecule has 0 aliphatic heterocycles. The van der Waals surface area contributed by atoms with Crippen LogP contribution in [-0.4, -0.2) is 45.5 Å². The smallest absolute Gasteiger partial charge is 0.303 e. The van der Waals surface area contributed by atoms with Crippen molar-refractivity contribution >= 4 is 39.8 Å². The first kappa shape index (κ1) is 23.6. The summed E-state index contributed by atoms with van der Waals surface area (Å²) in [5.74, 6) is -1.90. The van der Waals surface area contributed by atoms with Crippen LogP contribution in [-0.2, 0) is 23.9 Å². The number of hydrogen-bond acceptors (Lipinski definition) is 6. The van der Waals surface area contributed by atoms with Crippen LogP contribution >= 0.6 is 15.9 Å². The topological polar surface area (TPSA) is 97.7 Å². The van der Waals surface area contributed by atoms with Crippen LogP contribution in [0.5, 0.6) is 0 Å². The summed E-state index contributed by atoms with van der Waals surface area (Å²) in [7, 11) is 0. The Kier molecular flexibility index (Phi) is 5.49. The van der Waals surface area contributed by atoms with E-state index in [1.165, 1.54) is 6.92 Å². The zero-order valence-corrected chi connectivity index (χ0v) is 20.6. The predicted octanol–water partition coefficient (Wildman–Crippen LogP) is 3.35. The molecule has 7 heteroatoms. The maximum absolute atomic E-state index is 13.2. The lowest BCUT2D eigenvalue weighted by Gasteiger charge is -2.64. The molecule has 0 amide bonds. The highest BCUT2D eigenvalue weighted by Crippen LogP contribution is 2.73. The molecule has 0 heterocycles. The van der Waals surface area contributed by atoms with E-state index in [0.29, 0.717) is 12.8 Å². The molecule has 0 bridgehead atoms. The molecule has 3 fully saturated rings. The second-order valence-corrected chi connectivity index (χ2v) is 11.9. The summed E-state index contributed by atoms with van der Waals surface area (Å²) in [5.41, 5.74) is -2.00. The standard InChI is InChI=1S/C25H31BrO6/c1-14-9-20-19-6-5-16-10-18(29)7-8-22(16,3)24(19,26)17(12-27)11-23(20,4)25(14,31)21(30)13-32-15(2)28/h7-8,10,12,14,17,19-20,31H,5-6,9,11,13H2,1-4H3/t14-,17-,19+,20+,22+,23+,24-,25+/m1/s1. The molecule has 6 nitrogen and oxygen atoms in total. The van der Waals surface area contributed by atoms with Gasteiger partial charge < -0.3 is 14.6 Å². The second-order valence-electron chi connectivity index (χ2n) is 10.6. The summed E-state index contributed by atoms with van der Waals surface area (Å²) in [5, 5.41) is 11.9. The van der Waals surface area contributed by atoms with Gasteiger partial charge in [-0.05, 0) is 55.6 Å². The number of ether oxygens (including phenoxy) is 1. The van der Waals surface area contributed by atoms with Crippen molar-refractivity contribution in [2.24, 2.45) is 34.5 Å². The minimum absolute atomic E-state index is 0.0104. The van der Waals surface area contributed by atoms with Gasteiger partial charge in [0, 0.05) is 23.7 Å². The summed E-state index contributed by atoms with van der Waals surface area (Å²) in [6, 6.07) is 0. The molecule has 0 aromatic heterocycles. The summed E-state index contributed by atoms with van der Waals surface area (Å²) >= 11 is 4.05. The molecule has 32 heavy (non-hydrogen) atoms. The lowest BCUT2D eigenvalue weighted by Crippen LogP contribution is -2.67. The molecule has 4 aliphatic carbocycles. The Bertz CT molecular complexity index is 954. The number of carbonyl (C=O) groups is 4. The Hall–Kier alpha value is -1.60. The summed E-state index contributed by atoms with van der Waals surface area (Å²) < 4.78 is 4.34. The van der Waals surface area contributed by atoms with Crippen molar-refractivity contribution in [1.29, 1.82) is 0 Å². The van der Waals surface area contributed by atoms with E-state index in [-0.39, 0.29) is 23.5 Å². The van der Waals surface area contributed by atoms with E-state index in [1.807, 2.05) is 19.9 Å². The number of aliphatic hydroxyl groups is 1. The largest absolute Gasteiger partial charge is 0.458 e. The lowest BCUT2D eigenvalue weighted by atomic mass is 9.44. The quantitative estimate of drug-likeness (QED) is 0.356. The molecule has 0 aromatic rings. The number of halogens is 1. The zero-order chi connectivity index (χ0) is 23.7. The maximum Gasteiger partial charge on any atom is 0.303 e. The van der Waals surface area contributed by atoms with Gasteiger partial charge in [0.2, 0.25) is 5.78 Å². The molecule has 1 N–H and O–H groups in total. The Labute approximate surface area is 197 Å². The predicted molar refractivity (Wildman–Crippen MR) is 121 cm³/mol. The normalized spacial score (nSPS) is 47.1. The molecule has 0 aromatic carbocycles. The van der Waals surface area contributed by atoms with Crippen molar-refractivity contribution in [2.45, 2.75) is 63.3 Å². The Morgan fingerprint density at radius 2 is 2.00 bits per heavy atom. The molecule has 4 aliphatic rings. The first-order valence-electron chi connectivity index (χ1n) is 11.3. The summed E-state index contributed by atoms with van der Waals surface area (Å²) in [4.78, 5) is 49.1. The van der Waals surface area contributed by atoms with Crippen molar-refractivity contribution in [2.75, 3.05) is 6.61 Å². The third-order valence-electron chi connectivity index (χ3n) is 9.30. The number of carbonyl (C=O) groups excluding carboxylic acids is 4. The Morgan fingerprint density at radius 1 is 1.31 bits per heavy atom. The molecule has 4 rings (SSSR count). The van der Waals surface area contributed by atoms with Gasteiger partial charge in [-0.2, -0.15) is 0 Å². The monoisotopic (exact) mass is 506 g/mol. The Balaban J connectivity index is 1.80. The Morgan fingerprint density at radius 3 is 2.62 bits per heavy atom. The molecule has 3 saturated carbocycles. The van der Waals surface area contributed by atoms with E-state index >= 15 is 0 Å². The number of ketones is 2. The number of alkyl halides is 1. The van der Waals surface area contributed by atoms with Crippen molar-refractivity contribution in [3.63, 3.8) is 0 Å². The van der Waals surface area contributed by atoms with Gasteiger partial charge in [0.15, 0.2) is 12.4 Å². The zero-order valence-electron chi connectivity index (χ0n) is 19.0. The van der Waals surface area contributed by atoms with Gasteiger partial charge in [-0.25, -0.2) is 0 Å². The lowest BCUT2D eigenvalue weighted by molar-refractivity contribution is -0.176. The third-order valence-corrected chi connectivity index (χ3v) is 11.3. The van der Waals surface area contributed by atoms with Crippen LogP contribution in [0.1, 0.15) is 53.4 Å². The second kappa shape index (κ2) is 7.45. The molecular weight excluding hydrogens is 476 g/mol. The van der Waals surface area contributed by atoms with Gasteiger partial charge in [0.05, 0.1) is 4.32 Å². The van der Waals surface area contributed by atoms with Crippen molar-refractivity contribution in [1.82, 2.24) is 0 Å². The fourth-order valence-corrected chi connectivity index (χ4v) is 8.89. The highest BCUT2D eigenvalue weighted by atomic mass is 79.9. The van der Waals surface area contributed by atoms with Gasteiger partial charge in [-0.1, -0.05) is 48.4 Å². The molecule has 8 atom stereocenters. The van der Waals surface area contributed by atoms with Crippen LogP contribution in [0.4, 0.5) is 0 Å². The van der Waals surface area contributed by atoms with Crippen LogP contribution < -0.4 is 0 Å². The van der Waals surface area contributed by atoms with Gasteiger partial charge >= 0.3 is 5.97 Å². The summed E-state index contributed by atoms with van der Waals surface area (Å²) in [6.07, 6.45) is 8.63. The first-order valence-corrected chi connectivity index (χ1v) is 12.1. The molecule has 0 spiro atoms. The van der Waals surface area contributed by atoms with Gasteiger partial charge in [-0.15, -0.1) is 0 Å². The number of hydrogen-bond donors (Lipinski definition) is 1. The fraction of sp³-hybridized carbons (Fsp3) is 0.680. The minimum atomic E-state index is -1.68. The van der Waals surface area contributed by atoms with Crippen LogP contribution in [0, 0.1) is 34.5 Å². The number of fused-ring (bicyclic) bond motifs is 5. The fourth-order valence-electron chi connectivity index (χ4n) is 7.69. The SMILES string of the molecule is CC(=O)OCC(=O)[C@@]1(O)[C@H](C)C[C@H]2[C@@H]3CCC4=CC(=O)C=C[C@]4(C)[C@@]3(Br)[C@@H](C=O)C[C@@]21C. The van der Waals surface area contributed by atoms with Crippen LogP contribution in [0.15, 0.2) is 23.8 Å². The van der Waals surface area contributed by atoms with E-state index in [1.54, 1.807) is 12.2 Å². The molecular formula is C25H31BrO6. The van der Waals surface area contributed by atoms with Gasteiger partial charge in [-0.3, -0.25) is 14.4 Å². The molecule has 0 unspecified atom stereocenters. The number of rotatable bonds is 4. The average Bonchev–Trinajstić information content (AvgIpc) is 2.94. The number of Topliss-reactive ketones (excluding diaryl/α,β-unsaturated/α-hetero) is 1. The van der Waals surface area contributed by atoms with Crippen molar-refractivity contribution < 1.29 is 29.0 Å². The van der Waals surface area contributed by atoms with E-state index in [9.17, 15) is 24.3 Å². The first-order chi connectivity index (χ1) is 14.9. The highest BCUT2D eigenvalue weighted by Gasteiger charge is 2.74. The maximum atomic E-state index is 13.2. The van der Waals surface area contributed by atoms with E-state index < -0.39 is 45.0 Å². The van der Waals surface area contributed by atoms with E-state index in [0.717, 1.165) is 24.7 Å². The molecule has 0 radical (unpaired) electrons. The number of allylic oxidation sites excluding steroid dienone is 4.